The number of nitrogens with one attached hydrogen (secondary N) is 2. The smallest absolute Gasteiger partial charge is 0.410 e. The van der Waals surface area contributed by atoms with Crippen LogP contribution in [0.5, 0.6) is 17.2 Å². The Morgan fingerprint density at radius 3 is 2.76 bits per heavy atom. The summed E-state index contributed by atoms with van der Waals surface area (Å²) in [5.74, 6) is 0.713. The van der Waals surface area contributed by atoms with Gasteiger partial charge in [-0.2, -0.15) is 18.3 Å². The highest BCUT2D eigenvalue weighted by atomic mass is 35.5. The van der Waals surface area contributed by atoms with Gasteiger partial charge in [-0.25, -0.2) is 4.68 Å². The number of fused-ring (bicyclic) bond motifs is 2. The van der Waals surface area contributed by atoms with Crippen molar-refractivity contribution in [1.29, 1.82) is 0 Å². The summed E-state index contributed by atoms with van der Waals surface area (Å²) in [5, 5.41) is 9.96. The van der Waals surface area contributed by atoms with E-state index in [1.807, 2.05) is 0 Å². The van der Waals surface area contributed by atoms with Gasteiger partial charge in [0.2, 0.25) is 6.79 Å². The second-order valence-electron chi connectivity index (χ2n) is 7.76. The number of halogens is 4. The maximum absolute atomic E-state index is 14.0. The normalized spacial score (nSPS) is 18.7. The predicted molar refractivity (Wildman–Crippen MR) is 117 cm³/mol. The molecule has 0 aliphatic carbocycles. The molecule has 3 heterocycles. The molecule has 8 nitrogen and oxygen atoms in total. The Kier molecular flexibility index (Phi) is 5.43. The van der Waals surface area contributed by atoms with Gasteiger partial charge in [-0.05, 0) is 35.9 Å². The number of aromatic nitrogens is 2. The number of methoxy groups -OCH3 is 1. The maximum Gasteiger partial charge on any atom is 0.410 e. The molecule has 5 rings (SSSR count). The molecule has 0 unspecified atom stereocenters. The molecule has 12 heteroatoms. The zero-order valence-electron chi connectivity index (χ0n) is 17.6. The van der Waals surface area contributed by atoms with Crippen molar-refractivity contribution in [1.82, 2.24) is 9.78 Å². The van der Waals surface area contributed by atoms with Crippen LogP contribution in [0.3, 0.4) is 0 Å². The summed E-state index contributed by atoms with van der Waals surface area (Å²) in [5.41, 5.74) is 0.676. The van der Waals surface area contributed by atoms with Crippen LogP contribution in [0.15, 0.2) is 42.5 Å². The van der Waals surface area contributed by atoms with Crippen molar-refractivity contribution in [2.75, 3.05) is 24.5 Å². The molecule has 178 valence electrons. The number of ether oxygens (including phenoxy) is 3. The highest BCUT2D eigenvalue weighted by Crippen LogP contribution is 2.45. The van der Waals surface area contributed by atoms with E-state index in [0.717, 1.165) is 4.68 Å². The Morgan fingerprint density at radius 1 is 1.21 bits per heavy atom. The molecule has 0 bridgehead atoms. The molecule has 2 aliphatic rings. The highest BCUT2D eigenvalue weighted by molar-refractivity contribution is 6.31. The summed E-state index contributed by atoms with van der Waals surface area (Å²) in [6.07, 6.45) is -4.90. The third-order valence-electron chi connectivity index (χ3n) is 5.63. The van der Waals surface area contributed by atoms with E-state index in [0.29, 0.717) is 27.8 Å². The van der Waals surface area contributed by atoms with E-state index in [1.165, 1.54) is 19.2 Å². The fourth-order valence-electron chi connectivity index (χ4n) is 4.00. The monoisotopic (exact) mass is 494 g/mol. The zero-order chi connectivity index (χ0) is 24.0. The second kappa shape index (κ2) is 8.32. The number of alkyl halides is 3. The fraction of sp³-hybridized carbons (Fsp3) is 0.273. The molecule has 34 heavy (non-hydrogen) atoms. The number of amides is 1. The Morgan fingerprint density at radius 2 is 2.00 bits per heavy atom. The SMILES string of the molecule is COc1ccc(Cl)cc1NC(=O)c1cc2n(n1)[C@H](C(F)(F)F)C[C@@H](c1ccc3c(c1)OCO3)N2. The fourth-order valence-corrected chi connectivity index (χ4v) is 4.17. The van der Waals surface area contributed by atoms with Crippen molar-refractivity contribution < 1.29 is 32.2 Å². The van der Waals surface area contributed by atoms with Crippen molar-refractivity contribution in [2.45, 2.75) is 24.7 Å². The van der Waals surface area contributed by atoms with Crippen LogP contribution in [0.2, 0.25) is 5.02 Å². The van der Waals surface area contributed by atoms with E-state index < -0.39 is 24.2 Å². The number of hydrogen-bond donors (Lipinski definition) is 2. The van der Waals surface area contributed by atoms with Crippen molar-refractivity contribution in [3.8, 4) is 17.2 Å². The van der Waals surface area contributed by atoms with Crippen molar-refractivity contribution in [2.24, 2.45) is 0 Å². The zero-order valence-corrected chi connectivity index (χ0v) is 18.4. The van der Waals surface area contributed by atoms with E-state index in [1.54, 1.807) is 30.3 Å². The van der Waals surface area contributed by atoms with Crippen LogP contribution in [0, 0.1) is 0 Å². The molecule has 2 atom stereocenters. The second-order valence-corrected chi connectivity index (χ2v) is 8.20. The number of rotatable bonds is 4. The molecule has 2 aliphatic heterocycles. The van der Waals surface area contributed by atoms with Crippen LogP contribution in [-0.4, -0.2) is 35.8 Å². The molecule has 0 saturated carbocycles. The van der Waals surface area contributed by atoms with Crippen LogP contribution >= 0.6 is 11.6 Å². The van der Waals surface area contributed by atoms with Crippen LogP contribution < -0.4 is 24.8 Å². The summed E-state index contributed by atoms with van der Waals surface area (Å²) in [7, 11) is 1.42. The summed E-state index contributed by atoms with van der Waals surface area (Å²) in [6.45, 7) is 0.0602. The Hall–Kier alpha value is -3.60. The van der Waals surface area contributed by atoms with Crippen LogP contribution in [-0.2, 0) is 0 Å². The lowest BCUT2D eigenvalue weighted by atomic mass is 9.96. The van der Waals surface area contributed by atoms with Crippen LogP contribution in [0.4, 0.5) is 24.7 Å². The van der Waals surface area contributed by atoms with E-state index in [9.17, 15) is 18.0 Å². The minimum absolute atomic E-state index is 0.0602. The van der Waals surface area contributed by atoms with Gasteiger partial charge in [-0.1, -0.05) is 17.7 Å². The highest BCUT2D eigenvalue weighted by Gasteiger charge is 2.47. The van der Waals surface area contributed by atoms with Gasteiger partial charge in [0.15, 0.2) is 23.2 Å². The molecule has 0 fully saturated rings. The topological polar surface area (TPSA) is 86.6 Å². The maximum atomic E-state index is 14.0. The molecule has 1 amide bonds. The lowest BCUT2D eigenvalue weighted by Gasteiger charge is -2.33. The van der Waals surface area contributed by atoms with Gasteiger partial charge in [-0.15, -0.1) is 0 Å². The first kappa shape index (κ1) is 22.2. The molecular weight excluding hydrogens is 477 g/mol. The van der Waals surface area contributed by atoms with Gasteiger partial charge < -0.3 is 24.8 Å². The largest absolute Gasteiger partial charge is 0.495 e. The van der Waals surface area contributed by atoms with Gasteiger partial charge in [0.05, 0.1) is 18.8 Å². The molecule has 2 N–H and O–H groups in total. The summed E-state index contributed by atoms with van der Waals surface area (Å²) < 4.78 is 58.5. The summed E-state index contributed by atoms with van der Waals surface area (Å²) >= 11 is 5.99. The van der Waals surface area contributed by atoms with E-state index in [2.05, 4.69) is 15.7 Å². The van der Waals surface area contributed by atoms with E-state index in [4.69, 9.17) is 25.8 Å². The molecule has 1 aromatic heterocycles. The molecule has 3 aromatic rings. The third kappa shape index (κ3) is 4.07. The summed E-state index contributed by atoms with van der Waals surface area (Å²) in [4.78, 5) is 12.8. The van der Waals surface area contributed by atoms with Gasteiger partial charge in [-0.3, -0.25) is 4.79 Å². The van der Waals surface area contributed by atoms with Gasteiger partial charge >= 0.3 is 6.18 Å². The minimum atomic E-state index is -4.58. The van der Waals surface area contributed by atoms with E-state index in [-0.39, 0.29) is 30.4 Å². The first-order valence-corrected chi connectivity index (χ1v) is 10.6. The lowest BCUT2D eigenvalue weighted by Crippen LogP contribution is -2.35. The van der Waals surface area contributed by atoms with Crippen molar-refractivity contribution >= 4 is 29.0 Å². The van der Waals surface area contributed by atoms with Crippen LogP contribution in [0.1, 0.15) is 34.6 Å². The number of benzene rings is 2. The number of nitrogens with zero attached hydrogens (tertiary/aromatic N) is 2. The van der Waals surface area contributed by atoms with Gasteiger partial charge in [0.25, 0.3) is 5.91 Å². The van der Waals surface area contributed by atoms with Gasteiger partial charge in [0, 0.05) is 17.5 Å². The number of carbonyl (C=O) groups is 1. The molecule has 0 saturated heterocycles. The molecule has 0 radical (unpaired) electrons. The Balaban J connectivity index is 1.45. The van der Waals surface area contributed by atoms with Crippen LogP contribution in [0.25, 0.3) is 0 Å². The predicted octanol–water partition coefficient (Wildman–Crippen LogP) is 5.19. The average Bonchev–Trinajstić information content (AvgIpc) is 3.44. The lowest BCUT2D eigenvalue weighted by molar-refractivity contribution is -0.173. The molecule has 0 spiro atoms. The van der Waals surface area contributed by atoms with Gasteiger partial charge in [0.1, 0.15) is 11.6 Å². The first-order chi connectivity index (χ1) is 16.2. The third-order valence-corrected chi connectivity index (χ3v) is 5.87. The van der Waals surface area contributed by atoms with Crippen molar-refractivity contribution in [3.63, 3.8) is 0 Å². The standard InChI is InChI=1S/C22H18ClF3N4O4/c1-32-16-5-3-12(23)7-14(16)28-21(31)15-9-20-27-13(8-19(22(24,25)26)30(20)29-15)11-2-4-17-18(6-11)34-10-33-17/h2-7,9,13,19,27H,8,10H2,1H3,(H,28,31)/t13-,19-/m0/s1. The Bertz CT molecular complexity index is 1260. The first-order valence-electron chi connectivity index (χ1n) is 10.2. The quantitative estimate of drug-likeness (QED) is 0.519. The Labute approximate surface area is 196 Å². The number of carbonyl (C=O) groups excluding carboxylic acids is 1. The van der Waals surface area contributed by atoms with Crippen molar-refractivity contribution in [3.05, 3.63) is 58.7 Å². The average molecular weight is 495 g/mol. The number of anilines is 2. The molecular formula is C22H18ClF3N4O4. The van der Waals surface area contributed by atoms with E-state index >= 15 is 0 Å². The number of hydrogen-bond acceptors (Lipinski definition) is 6. The molecule has 2 aromatic carbocycles. The minimum Gasteiger partial charge on any atom is -0.495 e. The summed E-state index contributed by atoms with van der Waals surface area (Å²) in [6, 6.07) is 8.28.